The Labute approximate surface area is 242 Å². The minimum Gasteiger partial charge on any atom is -0.507 e. The summed E-state index contributed by atoms with van der Waals surface area (Å²) in [7, 11) is 1.34. The van der Waals surface area contributed by atoms with Crippen LogP contribution in [0.2, 0.25) is 0 Å². The van der Waals surface area contributed by atoms with Crippen molar-refractivity contribution in [1.29, 1.82) is 0 Å². The molecular formula is C28H32O15. The lowest BCUT2D eigenvalue weighted by Gasteiger charge is -2.46. The minimum absolute atomic E-state index is 0.119. The molecule has 5 rings (SSSR count). The van der Waals surface area contributed by atoms with Crippen LogP contribution in [-0.2, 0) is 14.2 Å². The maximum atomic E-state index is 13.2. The van der Waals surface area contributed by atoms with Gasteiger partial charge in [0.25, 0.3) is 0 Å². The molecule has 15 nitrogen and oxygen atoms in total. The topological polar surface area (TPSA) is 249 Å². The third-order valence-corrected chi connectivity index (χ3v) is 7.71. The molecule has 0 bridgehead atoms. The molecule has 0 amide bonds. The Morgan fingerprint density at radius 1 is 0.837 bits per heavy atom. The van der Waals surface area contributed by atoms with Gasteiger partial charge in [0.2, 0.25) is 0 Å². The maximum Gasteiger partial charge on any atom is 0.197 e. The molecule has 3 aromatic rings. The maximum absolute atomic E-state index is 13.2. The molecular weight excluding hydrogens is 576 g/mol. The summed E-state index contributed by atoms with van der Waals surface area (Å²) >= 11 is 0. The number of aliphatic hydroxyl groups is 6. The smallest absolute Gasteiger partial charge is 0.197 e. The second-order valence-electron chi connectivity index (χ2n) is 10.4. The molecule has 2 aliphatic heterocycles. The van der Waals surface area contributed by atoms with E-state index in [9.17, 15) is 50.8 Å². The van der Waals surface area contributed by atoms with Gasteiger partial charge in [0.1, 0.15) is 71.5 Å². The number of hydrogen-bond donors (Lipinski definition) is 9. The molecule has 0 saturated carbocycles. The van der Waals surface area contributed by atoms with E-state index < -0.39 is 95.7 Å². The van der Waals surface area contributed by atoms with E-state index in [0.29, 0.717) is 0 Å². The van der Waals surface area contributed by atoms with Crippen LogP contribution >= 0.6 is 0 Å². The molecule has 10 unspecified atom stereocenters. The fraction of sp³-hybridized carbons (Fsp3) is 0.464. The standard InChI is InChI=1S/C28H32O15/c1-9-20(34)22(36)24(38)28(40-9)43-27-23(37)21(35)17(8-29)42-26(27)19-13(32)6-12(31)18-14(33)7-16(41-25(18)19)10-3-4-15(39-2)11(30)5-10/h3-7,9,17,20-24,26-32,34-38H,8H2,1-2H3. The van der Waals surface area contributed by atoms with Gasteiger partial charge in [0.05, 0.1) is 25.4 Å². The summed E-state index contributed by atoms with van der Waals surface area (Å²) < 4.78 is 28.1. The molecule has 2 aromatic carbocycles. The third kappa shape index (κ3) is 5.39. The first-order valence-electron chi connectivity index (χ1n) is 13.3. The predicted molar refractivity (Wildman–Crippen MR) is 143 cm³/mol. The number of phenols is 3. The number of hydrogen-bond acceptors (Lipinski definition) is 15. The van der Waals surface area contributed by atoms with Gasteiger partial charge in [-0.1, -0.05) is 0 Å². The Morgan fingerprint density at radius 2 is 1.56 bits per heavy atom. The SMILES string of the molecule is COc1ccc(-c2cc(=O)c3c(O)cc(O)c(C4OC(CO)C(O)C(O)C4OC4OC(C)C(O)C(O)C4O)c3o2)cc1O. The van der Waals surface area contributed by atoms with Crippen LogP contribution in [0.5, 0.6) is 23.0 Å². The van der Waals surface area contributed by atoms with Crippen molar-refractivity contribution in [1.82, 2.24) is 0 Å². The van der Waals surface area contributed by atoms with Crippen LogP contribution in [0.25, 0.3) is 22.3 Å². The van der Waals surface area contributed by atoms with E-state index >= 15 is 0 Å². The van der Waals surface area contributed by atoms with Crippen LogP contribution in [0.1, 0.15) is 18.6 Å². The van der Waals surface area contributed by atoms with E-state index in [1.165, 1.54) is 32.2 Å². The number of aliphatic hydroxyl groups excluding tert-OH is 6. The van der Waals surface area contributed by atoms with Gasteiger partial charge in [-0.2, -0.15) is 0 Å². The first-order valence-corrected chi connectivity index (χ1v) is 13.3. The summed E-state index contributed by atoms with van der Waals surface area (Å²) in [5, 5.41) is 93.9. The molecule has 0 aliphatic carbocycles. The van der Waals surface area contributed by atoms with E-state index in [-0.39, 0.29) is 28.4 Å². The number of fused-ring (bicyclic) bond motifs is 1. The first-order chi connectivity index (χ1) is 20.4. The molecule has 0 spiro atoms. The molecule has 1 aromatic heterocycles. The number of benzene rings is 2. The number of phenolic OH excluding ortho intramolecular Hbond substituents is 3. The number of ether oxygens (including phenoxy) is 4. The highest BCUT2D eigenvalue weighted by molar-refractivity contribution is 5.89. The van der Waals surface area contributed by atoms with Crippen molar-refractivity contribution in [3.05, 3.63) is 46.1 Å². The van der Waals surface area contributed by atoms with Crippen LogP contribution in [0.4, 0.5) is 0 Å². The quantitative estimate of drug-likeness (QED) is 0.162. The van der Waals surface area contributed by atoms with Crippen molar-refractivity contribution in [3.8, 4) is 34.3 Å². The Balaban J connectivity index is 1.67. The summed E-state index contributed by atoms with van der Waals surface area (Å²) in [5.41, 5.74) is -1.34. The molecule has 43 heavy (non-hydrogen) atoms. The average molecular weight is 609 g/mol. The van der Waals surface area contributed by atoms with E-state index in [1.54, 1.807) is 0 Å². The summed E-state index contributed by atoms with van der Waals surface area (Å²) in [5.74, 6) is -1.62. The lowest BCUT2D eigenvalue weighted by Crippen LogP contribution is -2.61. The third-order valence-electron chi connectivity index (χ3n) is 7.71. The molecule has 234 valence electrons. The second-order valence-corrected chi connectivity index (χ2v) is 10.4. The largest absolute Gasteiger partial charge is 0.507 e. The normalized spacial score (nSPS) is 33.0. The fourth-order valence-corrected chi connectivity index (χ4v) is 5.34. The van der Waals surface area contributed by atoms with Crippen molar-refractivity contribution >= 4 is 11.0 Å². The van der Waals surface area contributed by atoms with Crippen molar-refractivity contribution in [2.45, 2.75) is 68.1 Å². The number of rotatable bonds is 6. The van der Waals surface area contributed by atoms with Gasteiger partial charge in [0.15, 0.2) is 28.8 Å². The van der Waals surface area contributed by atoms with Gasteiger partial charge in [-0.3, -0.25) is 4.79 Å². The van der Waals surface area contributed by atoms with Crippen LogP contribution in [-0.4, -0.2) is 115 Å². The number of aromatic hydroxyl groups is 3. The van der Waals surface area contributed by atoms with Crippen molar-refractivity contribution in [3.63, 3.8) is 0 Å². The van der Waals surface area contributed by atoms with E-state index in [0.717, 1.165) is 12.1 Å². The molecule has 9 N–H and O–H groups in total. The van der Waals surface area contributed by atoms with Crippen LogP contribution < -0.4 is 10.2 Å². The highest BCUT2D eigenvalue weighted by Crippen LogP contribution is 2.45. The van der Waals surface area contributed by atoms with E-state index in [1.807, 2.05) is 0 Å². The molecule has 15 heteroatoms. The van der Waals surface area contributed by atoms with Crippen LogP contribution in [0.15, 0.2) is 39.5 Å². The lowest BCUT2D eigenvalue weighted by molar-refractivity contribution is -0.338. The Morgan fingerprint density at radius 3 is 2.21 bits per heavy atom. The van der Waals surface area contributed by atoms with Gasteiger partial charge in [0, 0.05) is 17.7 Å². The zero-order valence-corrected chi connectivity index (χ0v) is 22.8. The monoisotopic (exact) mass is 608 g/mol. The highest BCUT2D eigenvalue weighted by Gasteiger charge is 2.51. The van der Waals surface area contributed by atoms with Gasteiger partial charge >= 0.3 is 0 Å². The molecule has 2 saturated heterocycles. The Kier molecular flexibility index (Phi) is 8.54. The summed E-state index contributed by atoms with van der Waals surface area (Å²) in [6, 6.07) is 6.00. The van der Waals surface area contributed by atoms with Gasteiger partial charge < -0.3 is 69.3 Å². The zero-order chi connectivity index (χ0) is 31.3. The van der Waals surface area contributed by atoms with E-state index in [2.05, 4.69) is 0 Å². The minimum atomic E-state index is -1.87. The lowest BCUT2D eigenvalue weighted by atomic mass is 9.89. The van der Waals surface area contributed by atoms with Crippen molar-refractivity contribution in [2.24, 2.45) is 0 Å². The van der Waals surface area contributed by atoms with Crippen molar-refractivity contribution in [2.75, 3.05) is 13.7 Å². The van der Waals surface area contributed by atoms with Crippen LogP contribution in [0, 0.1) is 0 Å². The Bertz CT molecular complexity index is 1540. The second kappa shape index (κ2) is 11.9. The molecule has 3 heterocycles. The molecule has 0 radical (unpaired) electrons. The van der Waals surface area contributed by atoms with Gasteiger partial charge in [-0.05, 0) is 25.1 Å². The fourth-order valence-electron chi connectivity index (χ4n) is 5.34. The van der Waals surface area contributed by atoms with Crippen molar-refractivity contribution < 1.29 is 69.3 Å². The van der Waals surface area contributed by atoms with Gasteiger partial charge in [-0.25, -0.2) is 0 Å². The predicted octanol–water partition coefficient (Wildman–Crippen LogP) is -1.05. The Hall–Kier alpha value is -3.51. The average Bonchev–Trinajstić information content (AvgIpc) is 2.97. The van der Waals surface area contributed by atoms with E-state index in [4.69, 9.17) is 23.4 Å². The molecule has 2 fully saturated rings. The van der Waals surface area contributed by atoms with Crippen LogP contribution in [0.3, 0.4) is 0 Å². The highest BCUT2D eigenvalue weighted by atomic mass is 16.7. The number of methoxy groups -OCH3 is 1. The van der Waals surface area contributed by atoms with Gasteiger partial charge in [-0.15, -0.1) is 0 Å². The summed E-state index contributed by atoms with van der Waals surface area (Å²) in [6.07, 6.45) is -16.2. The summed E-state index contributed by atoms with van der Waals surface area (Å²) in [4.78, 5) is 13.2. The first kappa shape index (κ1) is 30.9. The zero-order valence-electron chi connectivity index (χ0n) is 22.8. The molecule has 10 atom stereocenters. The molecule has 2 aliphatic rings. The summed E-state index contributed by atoms with van der Waals surface area (Å²) in [6.45, 7) is 0.591.